The number of allylic oxidation sites excluding steroid dienone is 8. The van der Waals surface area contributed by atoms with Gasteiger partial charge in [-0.2, -0.15) is 11.6 Å². The molecule has 2 rings (SSSR count). The van der Waals surface area contributed by atoms with Crippen LogP contribution in [0, 0.1) is 18.1 Å². The Morgan fingerprint density at radius 1 is 1.28 bits per heavy atom. The summed E-state index contributed by atoms with van der Waals surface area (Å²) < 4.78 is 0. The van der Waals surface area contributed by atoms with Crippen LogP contribution in [0.4, 0.5) is 0 Å². The zero-order valence-electron chi connectivity index (χ0n) is 12.5. The number of rotatable bonds is 0. The summed E-state index contributed by atoms with van der Waals surface area (Å²) in [5.41, 5.74) is 4.32. The first kappa shape index (κ1) is 18.0. The molecule has 0 aromatic carbocycles. The Labute approximate surface area is 128 Å². The molecule has 2 aliphatic carbocycles. The zero-order chi connectivity index (χ0) is 14.1. The minimum atomic E-state index is 0.259. The fourth-order valence-electron chi connectivity index (χ4n) is 1.50. The van der Waals surface area contributed by atoms with Gasteiger partial charge in [-0.1, -0.05) is 26.7 Å². The summed E-state index contributed by atoms with van der Waals surface area (Å²) in [7, 11) is 0. The van der Waals surface area contributed by atoms with Gasteiger partial charge in [-0.25, -0.2) is 23.3 Å². The summed E-state index contributed by atoms with van der Waals surface area (Å²) in [5, 5.41) is 0. The zero-order valence-corrected chi connectivity index (χ0v) is 17.1. The van der Waals surface area contributed by atoms with Crippen LogP contribution < -0.4 is 0 Å². The van der Waals surface area contributed by atoms with Gasteiger partial charge in [0.05, 0.1) is 0 Å². The quantitative estimate of drug-likeness (QED) is 0.388. The van der Waals surface area contributed by atoms with Crippen molar-refractivity contribution in [3.8, 4) is 0 Å². The molecule has 0 spiro atoms. The molecule has 1 unspecified atom stereocenters. The van der Waals surface area contributed by atoms with E-state index in [2.05, 4.69) is 65.1 Å². The molecule has 0 aromatic rings. The van der Waals surface area contributed by atoms with Gasteiger partial charge in [-0.15, -0.1) is 13.3 Å². The fraction of sp³-hybridized carbons (Fsp3) is 0.500. The van der Waals surface area contributed by atoms with Gasteiger partial charge in [0.1, 0.15) is 0 Å². The molecule has 0 saturated heterocycles. The Bertz CT molecular complexity index is 393. The van der Waals surface area contributed by atoms with E-state index in [9.17, 15) is 0 Å². The van der Waals surface area contributed by atoms with Crippen molar-refractivity contribution in [1.29, 1.82) is 0 Å². The number of hydrogen-bond acceptors (Lipinski definition) is 0. The molecule has 0 amide bonds. The van der Waals surface area contributed by atoms with Crippen LogP contribution >= 0.6 is 0 Å². The van der Waals surface area contributed by atoms with Crippen molar-refractivity contribution in [1.82, 2.24) is 0 Å². The van der Waals surface area contributed by atoms with Crippen LogP contribution in [-0.2, 0) is 23.0 Å². The molecule has 2 heteroatoms. The SMILES string of the molecule is CC1=CC(C)[C-]=C1.CC1=[C-]CC(C)=C1.C[Si](C)=[Hf+2]. The topological polar surface area (TPSA) is 0 Å². The third kappa shape index (κ3) is 11.2. The van der Waals surface area contributed by atoms with E-state index in [0.717, 1.165) is 6.42 Å². The van der Waals surface area contributed by atoms with E-state index in [1.54, 1.807) is 0 Å². The van der Waals surface area contributed by atoms with E-state index < -0.39 is 0 Å². The molecule has 0 radical (unpaired) electrons. The molecule has 0 heterocycles. The Morgan fingerprint density at radius 2 is 1.83 bits per heavy atom. The van der Waals surface area contributed by atoms with Gasteiger partial charge < -0.3 is 0 Å². The van der Waals surface area contributed by atoms with Gasteiger partial charge >= 0.3 is 41.6 Å². The summed E-state index contributed by atoms with van der Waals surface area (Å²) in [6.07, 6.45) is 13.8. The van der Waals surface area contributed by atoms with Gasteiger partial charge in [0.15, 0.2) is 0 Å². The molecule has 96 valence electrons. The van der Waals surface area contributed by atoms with Crippen LogP contribution in [0.3, 0.4) is 0 Å². The van der Waals surface area contributed by atoms with E-state index in [0.29, 0.717) is 5.92 Å². The molecule has 0 saturated carbocycles. The minimum absolute atomic E-state index is 0.259. The van der Waals surface area contributed by atoms with E-state index in [1.807, 2.05) is 6.08 Å². The average molecular weight is 423 g/mol. The van der Waals surface area contributed by atoms with E-state index in [4.69, 9.17) is 0 Å². The first-order chi connectivity index (χ1) is 8.31. The van der Waals surface area contributed by atoms with Crippen LogP contribution in [0.15, 0.2) is 34.9 Å². The average Bonchev–Trinajstić information content (AvgIpc) is 2.76. The Morgan fingerprint density at radius 3 is 1.94 bits per heavy atom. The van der Waals surface area contributed by atoms with Gasteiger partial charge in [0.25, 0.3) is 0 Å². The second kappa shape index (κ2) is 9.91. The third-order valence-corrected chi connectivity index (χ3v) is 2.20. The summed E-state index contributed by atoms with van der Waals surface area (Å²) in [4.78, 5) is 0. The molecule has 0 fully saturated rings. The molecule has 0 N–H and O–H groups in total. The van der Waals surface area contributed by atoms with Crippen LogP contribution in [0.2, 0.25) is 13.1 Å². The summed E-state index contributed by atoms with van der Waals surface area (Å²) in [6.45, 7) is 13.1. The Hall–Kier alpha value is 0.0470. The van der Waals surface area contributed by atoms with Crippen LogP contribution in [-0.4, -0.2) is 5.49 Å². The first-order valence-electron chi connectivity index (χ1n) is 6.35. The van der Waals surface area contributed by atoms with Crippen molar-refractivity contribution in [2.75, 3.05) is 0 Å². The molecule has 0 bridgehead atoms. The normalized spacial score (nSPS) is 20.0. The maximum atomic E-state index is 3.19. The maximum absolute atomic E-state index is 3.19. The molecular weight excluding hydrogens is 399 g/mol. The third-order valence-electron chi connectivity index (χ3n) is 2.20. The van der Waals surface area contributed by atoms with Crippen molar-refractivity contribution in [3.05, 3.63) is 47.1 Å². The summed E-state index contributed by atoms with van der Waals surface area (Å²) in [6, 6.07) is 0. The monoisotopic (exact) mass is 424 g/mol. The fourth-order valence-corrected chi connectivity index (χ4v) is 1.50. The predicted octanol–water partition coefficient (Wildman–Crippen LogP) is 4.81. The molecule has 0 aromatic heterocycles. The van der Waals surface area contributed by atoms with E-state index >= 15 is 0 Å². The van der Waals surface area contributed by atoms with Gasteiger partial charge in [0.2, 0.25) is 0 Å². The van der Waals surface area contributed by atoms with Crippen molar-refractivity contribution in [2.24, 2.45) is 5.92 Å². The van der Waals surface area contributed by atoms with Crippen LogP contribution in [0.1, 0.15) is 34.1 Å². The van der Waals surface area contributed by atoms with Crippen molar-refractivity contribution < 1.29 is 23.0 Å². The standard InChI is InChI=1S/2C7H9.C2H6Si.Hf/c2*1-6-3-4-7(2)5-6;1-3-2;/h5H,3H2,1-2H3;3,5,7H,1-2H3;1-2H3;/q2*-1;;+2. The van der Waals surface area contributed by atoms with Gasteiger partial charge in [-0.3, -0.25) is 12.2 Å². The second-order valence-corrected chi connectivity index (χ2v) is 17.8. The van der Waals surface area contributed by atoms with Crippen LogP contribution in [0.5, 0.6) is 0 Å². The van der Waals surface area contributed by atoms with Crippen molar-refractivity contribution in [3.63, 3.8) is 0 Å². The molecule has 1 atom stereocenters. The van der Waals surface area contributed by atoms with Gasteiger partial charge in [0, 0.05) is 0 Å². The van der Waals surface area contributed by atoms with Crippen molar-refractivity contribution >= 4 is 5.49 Å². The molecule has 0 aliphatic heterocycles. The Balaban J connectivity index is 0.000000253. The molecular formula is C16H24HfSi. The Kier molecular flexibility index (Phi) is 9.94. The molecule has 0 nitrogen and oxygen atoms in total. The second-order valence-electron chi connectivity index (χ2n) is 5.04. The predicted molar refractivity (Wildman–Crippen MR) is 79.0 cm³/mol. The van der Waals surface area contributed by atoms with Crippen molar-refractivity contribution in [2.45, 2.75) is 47.2 Å². The summed E-state index contributed by atoms with van der Waals surface area (Å²) >= 11 is 1.45. The van der Waals surface area contributed by atoms with Gasteiger partial charge in [-0.05, 0) is 0 Å². The molecule has 2 aliphatic rings. The van der Waals surface area contributed by atoms with Crippen LogP contribution in [0.25, 0.3) is 0 Å². The molecule has 18 heavy (non-hydrogen) atoms. The summed E-state index contributed by atoms with van der Waals surface area (Å²) in [5.74, 6) is 0.556. The van der Waals surface area contributed by atoms with E-state index in [1.165, 1.54) is 39.7 Å². The number of hydrogen-bond donors (Lipinski definition) is 0. The first-order valence-corrected chi connectivity index (χ1v) is 14.2. The van der Waals surface area contributed by atoms with E-state index in [-0.39, 0.29) is 5.49 Å².